The van der Waals surface area contributed by atoms with Gasteiger partial charge in [-0.1, -0.05) is 31.5 Å². The van der Waals surface area contributed by atoms with Crippen molar-refractivity contribution in [3.8, 4) is 11.1 Å². The minimum atomic E-state index is -0.586. The van der Waals surface area contributed by atoms with Crippen molar-refractivity contribution in [2.75, 3.05) is 11.5 Å². The first-order chi connectivity index (χ1) is 11.8. The molecule has 0 radical (unpaired) electrons. The van der Waals surface area contributed by atoms with Crippen molar-refractivity contribution in [2.45, 2.75) is 13.8 Å². The summed E-state index contributed by atoms with van der Waals surface area (Å²) in [6.45, 7) is 3.61. The number of hydrogen-bond donors (Lipinski definition) is 2. The maximum absolute atomic E-state index is 13.9. The van der Waals surface area contributed by atoms with Gasteiger partial charge in [-0.25, -0.2) is 4.39 Å². The van der Waals surface area contributed by atoms with Gasteiger partial charge in [0.25, 0.3) is 0 Å². The molecule has 0 bridgehead atoms. The molecule has 1 aromatic heterocycles. The number of aromatic nitrogens is 1. The van der Waals surface area contributed by atoms with E-state index in [1.165, 1.54) is 12.3 Å². The zero-order valence-corrected chi connectivity index (χ0v) is 14.6. The Labute approximate surface area is 149 Å². The van der Waals surface area contributed by atoms with Gasteiger partial charge in [-0.3, -0.25) is 9.78 Å². The second-order valence-electron chi connectivity index (χ2n) is 6.19. The molecule has 25 heavy (non-hydrogen) atoms. The Morgan fingerprint density at radius 2 is 1.84 bits per heavy atom. The summed E-state index contributed by atoms with van der Waals surface area (Å²) in [5.41, 5.74) is 14.4. The number of nitrogen functional groups attached to an aromatic ring is 2. The third kappa shape index (κ3) is 3.03. The monoisotopic (exact) mass is 357 g/mol. The van der Waals surface area contributed by atoms with Crippen LogP contribution < -0.4 is 11.5 Å². The molecule has 2 aromatic carbocycles. The molecule has 0 aliphatic heterocycles. The number of hydrogen-bond acceptors (Lipinski definition) is 4. The first-order valence-corrected chi connectivity index (χ1v) is 8.14. The van der Waals surface area contributed by atoms with Crippen LogP contribution >= 0.6 is 11.6 Å². The first kappa shape index (κ1) is 17.2. The Bertz CT molecular complexity index is 978. The van der Waals surface area contributed by atoms with Crippen LogP contribution in [0, 0.1) is 11.7 Å². The highest BCUT2D eigenvalue weighted by Crippen LogP contribution is 2.33. The Balaban J connectivity index is 2.19. The largest absolute Gasteiger partial charge is 0.398 e. The van der Waals surface area contributed by atoms with Crippen LogP contribution in [-0.2, 0) is 0 Å². The van der Waals surface area contributed by atoms with Crippen molar-refractivity contribution in [3.63, 3.8) is 0 Å². The summed E-state index contributed by atoms with van der Waals surface area (Å²) in [5, 5.41) is 0.780. The fourth-order valence-corrected chi connectivity index (χ4v) is 2.86. The van der Waals surface area contributed by atoms with Crippen LogP contribution in [0.25, 0.3) is 22.0 Å². The molecule has 0 unspecified atom stereocenters. The average Bonchev–Trinajstić information content (AvgIpc) is 2.58. The van der Waals surface area contributed by atoms with E-state index in [1.54, 1.807) is 24.3 Å². The number of anilines is 2. The molecule has 0 atom stereocenters. The SMILES string of the molecule is CC(C)C(=O)c1cnc2ccc(-c3cc(F)c(N)c(Cl)c3)cc2c1N. The topological polar surface area (TPSA) is 82.0 Å². The van der Waals surface area contributed by atoms with Gasteiger partial charge in [0.1, 0.15) is 5.82 Å². The van der Waals surface area contributed by atoms with Crippen molar-refractivity contribution >= 4 is 39.7 Å². The number of nitrogens with zero attached hydrogens (tertiary/aromatic N) is 1. The number of carbonyl (C=O) groups is 1. The molecule has 3 rings (SSSR count). The average molecular weight is 358 g/mol. The van der Waals surface area contributed by atoms with Gasteiger partial charge < -0.3 is 11.5 Å². The number of Topliss-reactive ketones (excluding diaryl/α,β-unsaturated/α-hetero) is 1. The third-order valence-corrected chi connectivity index (χ3v) is 4.42. The van der Waals surface area contributed by atoms with E-state index in [1.807, 2.05) is 13.8 Å². The number of fused-ring (bicyclic) bond motifs is 1. The summed E-state index contributed by atoms with van der Waals surface area (Å²) in [4.78, 5) is 16.6. The zero-order valence-electron chi connectivity index (χ0n) is 13.8. The summed E-state index contributed by atoms with van der Waals surface area (Å²) < 4.78 is 13.9. The number of nitrogens with two attached hydrogens (primary N) is 2. The van der Waals surface area contributed by atoms with Gasteiger partial charge >= 0.3 is 0 Å². The Kier molecular flexibility index (Phi) is 4.35. The van der Waals surface area contributed by atoms with Crippen LogP contribution in [0.5, 0.6) is 0 Å². The van der Waals surface area contributed by atoms with Crippen LogP contribution in [0.2, 0.25) is 5.02 Å². The number of benzene rings is 2. The number of halogens is 2. The van der Waals surface area contributed by atoms with Gasteiger partial charge in [0.05, 0.1) is 27.5 Å². The minimum Gasteiger partial charge on any atom is -0.398 e. The molecule has 4 nitrogen and oxygen atoms in total. The summed E-state index contributed by atoms with van der Waals surface area (Å²) in [6.07, 6.45) is 1.50. The number of ketones is 1. The molecule has 0 aliphatic carbocycles. The third-order valence-electron chi connectivity index (χ3n) is 4.11. The molecule has 0 fully saturated rings. The van der Waals surface area contributed by atoms with E-state index in [2.05, 4.69) is 4.98 Å². The van der Waals surface area contributed by atoms with Crippen LogP contribution in [0.4, 0.5) is 15.8 Å². The predicted molar refractivity (Wildman–Crippen MR) is 100 cm³/mol. The van der Waals surface area contributed by atoms with Gasteiger partial charge in [-0.05, 0) is 35.4 Å². The van der Waals surface area contributed by atoms with E-state index in [-0.39, 0.29) is 22.4 Å². The van der Waals surface area contributed by atoms with Crippen LogP contribution in [0.1, 0.15) is 24.2 Å². The molecule has 0 spiro atoms. The van der Waals surface area contributed by atoms with E-state index >= 15 is 0 Å². The second kappa shape index (κ2) is 6.33. The lowest BCUT2D eigenvalue weighted by atomic mass is 9.97. The molecule has 3 aromatic rings. The minimum absolute atomic E-state index is 0.0705. The standard InChI is InChI=1S/C19H17ClFN3O/c1-9(2)19(25)13-8-24-16-4-3-10(5-12(16)17(13)22)11-6-14(20)18(23)15(21)7-11/h3-9H,23H2,1-2H3,(H2,22,24). The summed E-state index contributed by atoms with van der Waals surface area (Å²) in [5.74, 6) is -0.842. The quantitative estimate of drug-likeness (QED) is 0.526. The molecule has 6 heteroatoms. The molecule has 1 heterocycles. The predicted octanol–water partition coefficient (Wildman–Crippen LogP) is 4.70. The summed E-state index contributed by atoms with van der Waals surface area (Å²) >= 11 is 5.97. The van der Waals surface area contributed by atoms with Crippen molar-refractivity contribution in [2.24, 2.45) is 5.92 Å². The van der Waals surface area contributed by atoms with Crippen LogP contribution in [-0.4, -0.2) is 10.8 Å². The van der Waals surface area contributed by atoms with Gasteiger partial charge in [-0.2, -0.15) is 0 Å². The highest BCUT2D eigenvalue weighted by Gasteiger charge is 2.17. The van der Waals surface area contributed by atoms with Crippen molar-refractivity contribution < 1.29 is 9.18 Å². The molecule has 128 valence electrons. The van der Waals surface area contributed by atoms with E-state index in [0.717, 1.165) is 0 Å². The lowest BCUT2D eigenvalue weighted by Crippen LogP contribution is -2.11. The van der Waals surface area contributed by atoms with Gasteiger partial charge in [0.2, 0.25) is 0 Å². The number of pyridine rings is 1. The molecule has 4 N–H and O–H groups in total. The van der Waals surface area contributed by atoms with Crippen LogP contribution in [0.15, 0.2) is 36.5 Å². The number of carbonyl (C=O) groups excluding carboxylic acids is 1. The van der Waals surface area contributed by atoms with E-state index in [0.29, 0.717) is 33.3 Å². The molecule has 0 amide bonds. The van der Waals surface area contributed by atoms with Crippen molar-refractivity contribution in [1.29, 1.82) is 0 Å². The molecule has 0 saturated carbocycles. The summed E-state index contributed by atoms with van der Waals surface area (Å²) in [7, 11) is 0. The smallest absolute Gasteiger partial charge is 0.169 e. The number of rotatable bonds is 3. The lowest BCUT2D eigenvalue weighted by Gasteiger charge is -2.12. The molecule has 0 aliphatic rings. The second-order valence-corrected chi connectivity index (χ2v) is 6.60. The fraction of sp³-hybridized carbons (Fsp3) is 0.158. The first-order valence-electron chi connectivity index (χ1n) is 7.77. The maximum atomic E-state index is 13.9. The van der Waals surface area contributed by atoms with Crippen LogP contribution in [0.3, 0.4) is 0 Å². The normalized spacial score (nSPS) is 11.2. The highest BCUT2D eigenvalue weighted by molar-refractivity contribution is 6.33. The lowest BCUT2D eigenvalue weighted by molar-refractivity contribution is 0.0940. The van der Waals surface area contributed by atoms with Gasteiger partial charge in [0, 0.05) is 17.5 Å². The molecule has 0 saturated heterocycles. The highest BCUT2D eigenvalue weighted by atomic mass is 35.5. The maximum Gasteiger partial charge on any atom is 0.169 e. The Hall–Kier alpha value is -2.66. The molecular weight excluding hydrogens is 341 g/mol. The molecular formula is C19H17ClFN3O. The van der Waals surface area contributed by atoms with Crippen molar-refractivity contribution in [1.82, 2.24) is 4.98 Å². The van der Waals surface area contributed by atoms with Gasteiger partial charge in [0.15, 0.2) is 5.78 Å². The summed E-state index contributed by atoms with van der Waals surface area (Å²) in [6, 6.07) is 8.24. The van der Waals surface area contributed by atoms with E-state index in [4.69, 9.17) is 23.1 Å². The fourth-order valence-electron chi connectivity index (χ4n) is 2.65. The van der Waals surface area contributed by atoms with E-state index < -0.39 is 5.82 Å². The van der Waals surface area contributed by atoms with Crippen molar-refractivity contribution in [3.05, 3.63) is 52.9 Å². The Morgan fingerprint density at radius 3 is 2.48 bits per heavy atom. The Morgan fingerprint density at radius 1 is 1.12 bits per heavy atom. The van der Waals surface area contributed by atoms with Gasteiger partial charge in [-0.15, -0.1) is 0 Å². The zero-order chi connectivity index (χ0) is 18.3. The van der Waals surface area contributed by atoms with E-state index in [9.17, 15) is 9.18 Å².